The van der Waals surface area contributed by atoms with Crippen molar-refractivity contribution in [3.8, 4) is 18.2 Å². The first-order valence-electron chi connectivity index (χ1n) is 9.29. The van der Waals surface area contributed by atoms with Gasteiger partial charge in [-0.1, -0.05) is 0 Å². The number of nitriles is 3. The van der Waals surface area contributed by atoms with Crippen molar-refractivity contribution in [2.45, 2.75) is 4.90 Å². The highest BCUT2D eigenvalue weighted by atomic mass is 32.2. The highest BCUT2D eigenvalue weighted by molar-refractivity contribution is 7.89. The van der Waals surface area contributed by atoms with Gasteiger partial charge in [0.05, 0.1) is 18.1 Å². The zero-order valence-corrected chi connectivity index (χ0v) is 17.4. The molecule has 0 saturated heterocycles. The van der Waals surface area contributed by atoms with Gasteiger partial charge in [-0.15, -0.1) is 0 Å². The molecule has 0 saturated carbocycles. The Balaban J connectivity index is 2.06. The molecule has 10 nitrogen and oxygen atoms in total. The van der Waals surface area contributed by atoms with Crippen LogP contribution in [0, 0.1) is 34.0 Å². The smallest absolute Gasteiger partial charge is 0.243 e. The molecule has 3 rings (SSSR count). The van der Waals surface area contributed by atoms with Crippen LogP contribution in [-0.2, 0) is 10.0 Å². The van der Waals surface area contributed by atoms with Crippen LogP contribution >= 0.6 is 0 Å². The molecule has 0 atom stereocenters. The number of nitrogens with zero attached hydrogens (tertiary/aromatic N) is 4. The molecule has 0 spiro atoms. The van der Waals surface area contributed by atoms with Gasteiger partial charge in [-0.05, 0) is 30.3 Å². The first-order valence-corrected chi connectivity index (χ1v) is 10.7. The number of allylic oxidation sites excluding steroid dienone is 2. The lowest BCUT2D eigenvalue weighted by Crippen LogP contribution is -2.35. The second kappa shape index (κ2) is 9.48. The van der Waals surface area contributed by atoms with E-state index in [2.05, 4.69) is 5.32 Å². The van der Waals surface area contributed by atoms with E-state index in [1.54, 1.807) is 36.4 Å². The number of fused-ring (bicyclic) bond motifs is 3. The van der Waals surface area contributed by atoms with Crippen molar-refractivity contribution in [1.29, 1.82) is 15.8 Å². The molecule has 0 radical (unpaired) electrons. The van der Waals surface area contributed by atoms with Crippen LogP contribution in [0.3, 0.4) is 0 Å². The summed E-state index contributed by atoms with van der Waals surface area (Å²) in [7, 11) is -3.95. The SMILES string of the molecule is N#CC(C#N)=C(C#N)Nc1ccc2c(c1)oc1ccc(S(=O)(=O)N(CCO)CCO)cc12. The number of furan rings is 1. The van der Waals surface area contributed by atoms with Crippen LogP contribution in [0.1, 0.15) is 0 Å². The number of benzene rings is 2. The third-order valence-corrected chi connectivity index (χ3v) is 6.53. The number of hydrogen-bond acceptors (Lipinski definition) is 9. The summed E-state index contributed by atoms with van der Waals surface area (Å²) in [5, 5.41) is 49.3. The molecule has 1 aromatic heterocycles. The average Bonchev–Trinajstić information content (AvgIpc) is 3.16. The summed E-state index contributed by atoms with van der Waals surface area (Å²) in [6.45, 7) is -1.07. The fourth-order valence-corrected chi connectivity index (χ4v) is 4.60. The van der Waals surface area contributed by atoms with E-state index >= 15 is 0 Å². The van der Waals surface area contributed by atoms with E-state index in [0.717, 1.165) is 4.31 Å². The maximum atomic E-state index is 12.9. The molecule has 0 aliphatic heterocycles. The van der Waals surface area contributed by atoms with Crippen LogP contribution < -0.4 is 5.32 Å². The predicted molar refractivity (Wildman–Crippen MR) is 114 cm³/mol. The van der Waals surface area contributed by atoms with Gasteiger partial charge in [0, 0.05) is 35.6 Å². The fraction of sp³-hybridized carbons (Fsp3) is 0.190. The summed E-state index contributed by atoms with van der Waals surface area (Å²) in [5.74, 6) is 0. The van der Waals surface area contributed by atoms with E-state index in [4.69, 9.17) is 25.2 Å². The predicted octanol–water partition coefficient (Wildman–Crippen LogP) is 1.80. The van der Waals surface area contributed by atoms with E-state index < -0.39 is 10.0 Å². The molecule has 32 heavy (non-hydrogen) atoms. The highest BCUT2D eigenvalue weighted by Gasteiger charge is 2.24. The van der Waals surface area contributed by atoms with Crippen molar-refractivity contribution in [3.05, 3.63) is 47.7 Å². The largest absolute Gasteiger partial charge is 0.456 e. The third kappa shape index (κ3) is 4.26. The topological polar surface area (TPSA) is 174 Å². The number of anilines is 1. The Morgan fingerprint density at radius 1 is 0.938 bits per heavy atom. The molecule has 1 heterocycles. The molecule has 11 heteroatoms. The van der Waals surface area contributed by atoms with Crippen molar-refractivity contribution in [3.63, 3.8) is 0 Å². The van der Waals surface area contributed by atoms with Gasteiger partial charge in [-0.3, -0.25) is 0 Å². The monoisotopic (exact) mass is 451 g/mol. The van der Waals surface area contributed by atoms with Gasteiger partial charge < -0.3 is 19.9 Å². The second-order valence-electron chi connectivity index (χ2n) is 6.53. The Kier molecular flexibility index (Phi) is 6.74. The Morgan fingerprint density at radius 2 is 1.62 bits per heavy atom. The van der Waals surface area contributed by atoms with E-state index in [9.17, 15) is 13.7 Å². The third-order valence-electron chi connectivity index (χ3n) is 4.63. The van der Waals surface area contributed by atoms with Gasteiger partial charge in [0.2, 0.25) is 10.0 Å². The number of aliphatic hydroxyl groups is 2. The summed E-state index contributed by atoms with van der Waals surface area (Å²) in [6.07, 6.45) is 0. The quantitative estimate of drug-likeness (QED) is 0.431. The molecule has 0 amide bonds. The number of sulfonamides is 1. The maximum absolute atomic E-state index is 12.9. The molecule has 0 aliphatic carbocycles. The van der Waals surface area contributed by atoms with Crippen molar-refractivity contribution in [2.24, 2.45) is 0 Å². The van der Waals surface area contributed by atoms with Crippen LogP contribution in [0.5, 0.6) is 0 Å². The highest BCUT2D eigenvalue weighted by Crippen LogP contribution is 2.33. The van der Waals surface area contributed by atoms with Crippen LogP contribution in [0.15, 0.2) is 57.0 Å². The zero-order chi connectivity index (χ0) is 23.3. The Hall–Kier alpha value is -3.92. The number of aliphatic hydroxyl groups excluding tert-OH is 2. The van der Waals surface area contributed by atoms with Crippen LogP contribution in [0.2, 0.25) is 0 Å². The van der Waals surface area contributed by atoms with Gasteiger partial charge in [-0.2, -0.15) is 20.1 Å². The summed E-state index contributed by atoms with van der Waals surface area (Å²) in [6, 6.07) is 14.2. The van der Waals surface area contributed by atoms with E-state index in [0.29, 0.717) is 27.6 Å². The summed E-state index contributed by atoms with van der Waals surface area (Å²) in [4.78, 5) is -0.0146. The zero-order valence-electron chi connectivity index (χ0n) is 16.6. The van der Waals surface area contributed by atoms with E-state index in [1.807, 2.05) is 0 Å². The van der Waals surface area contributed by atoms with E-state index in [1.165, 1.54) is 18.2 Å². The lowest BCUT2D eigenvalue weighted by atomic mass is 10.1. The Bertz CT molecular complexity index is 1420. The summed E-state index contributed by atoms with van der Waals surface area (Å²) >= 11 is 0. The van der Waals surface area contributed by atoms with Crippen molar-refractivity contribution in [1.82, 2.24) is 4.31 Å². The Labute approximate surface area is 183 Å². The van der Waals surface area contributed by atoms with Crippen molar-refractivity contribution in [2.75, 3.05) is 31.6 Å². The molecule has 0 bridgehead atoms. The van der Waals surface area contributed by atoms with Gasteiger partial charge in [0.1, 0.15) is 35.1 Å². The van der Waals surface area contributed by atoms with Gasteiger partial charge in [0.15, 0.2) is 5.57 Å². The molecule has 3 N–H and O–H groups in total. The molecule has 162 valence electrons. The number of nitrogens with one attached hydrogen (secondary N) is 1. The van der Waals surface area contributed by atoms with Gasteiger partial charge >= 0.3 is 0 Å². The van der Waals surface area contributed by atoms with Crippen molar-refractivity contribution < 1.29 is 23.0 Å². The standard InChI is InChI=1S/C21H17N5O5S/c22-11-14(12-23)19(13-24)25-15-1-3-17-18-10-16(2-4-20(18)31-21(17)9-15)32(29,30)26(5-7-27)6-8-28/h1-4,9-10,25,27-28H,5-8H2. The first kappa shape index (κ1) is 22.8. The summed E-state index contributed by atoms with van der Waals surface area (Å²) in [5.41, 5.74) is 0.669. The number of hydrogen-bond donors (Lipinski definition) is 3. The van der Waals surface area contributed by atoms with Crippen LogP contribution in [0.25, 0.3) is 21.9 Å². The first-order chi connectivity index (χ1) is 15.4. The van der Waals surface area contributed by atoms with Crippen molar-refractivity contribution >= 4 is 37.6 Å². The summed E-state index contributed by atoms with van der Waals surface area (Å²) < 4.78 is 32.6. The lowest BCUT2D eigenvalue weighted by Gasteiger charge is -2.20. The molecule has 0 aliphatic rings. The maximum Gasteiger partial charge on any atom is 0.243 e. The van der Waals surface area contributed by atoms with Crippen LogP contribution in [-0.4, -0.2) is 49.2 Å². The number of rotatable bonds is 8. The van der Waals surface area contributed by atoms with E-state index in [-0.39, 0.29) is 42.5 Å². The minimum Gasteiger partial charge on any atom is -0.456 e. The lowest BCUT2D eigenvalue weighted by molar-refractivity contribution is 0.217. The molecule has 3 aromatic rings. The molecule has 0 fully saturated rings. The average molecular weight is 451 g/mol. The Morgan fingerprint density at radius 3 is 2.22 bits per heavy atom. The minimum absolute atomic E-state index is 0.0146. The molecule has 2 aromatic carbocycles. The second-order valence-corrected chi connectivity index (χ2v) is 8.47. The molecular formula is C21H17N5O5S. The minimum atomic E-state index is -3.95. The normalized spacial score (nSPS) is 11.1. The fourth-order valence-electron chi connectivity index (χ4n) is 3.15. The van der Waals surface area contributed by atoms with Crippen LogP contribution in [0.4, 0.5) is 5.69 Å². The molecule has 0 unspecified atom stereocenters. The van der Waals surface area contributed by atoms with Gasteiger partial charge in [0.25, 0.3) is 0 Å². The molecular weight excluding hydrogens is 434 g/mol. The van der Waals surface area contributed by atoms with Gasteiger partial charge in [-0.25, -0.2) is 8.42 Å².